The normalized spacial score (nSPS) is 17.0. The van der Waals surface area contributed by atoms with Crippen molar-refractivity contribution in [1.29, 1.82) is 0 Å². The maximum Gasteiger partial charge on any atom is 0.224 e. The second-order valence-corrected chi connectivity index (χ2v) is 7.78. The molecule has 1 saturated heterocycles. The van der Waals surface area contributed by atoms with Gasteiger partial charge in [-0.25, -0.2) is 0 Å². The summed E-state index contributed by atoms with van der Waals surface area (Å²) in [6.45, 7) is 13.0. The van der Waals surface area contributed by atoms with Crippen LogP contribution in [0.1, 0.15) is 45.7 Å². The molecule has 6 nitrogen and oxygen atoms in total. The lowest BCUT2D eigenvalue weighted by atomic mass is 9.93. The highest BCUT2D eigenvalue weighted by molar-refractivity contribution is 14.0. The van der Waals surface area contributed by atoms with E-state index >= 15 is 0 Å². The monoisotopic (exact) mass is 501 g/mol. The number of nitrogens with two attached hydrogens (primary N) is 1. The lowest BCUT2D eigenvalue weighted by Crippen LogP contribution is -2.53. The van der Waals surface area contributed by atoms with Crippen LogP contribution < -0.4 is 11.1 Å². The minimum Gasteiger partial charge on any atom is -0.369 e. The van der Waals surface area contributed by atoms with Gasteiger partial charge in [0, 0.05) is 38.8 Å². The number of halogens is 1. The summed E-state index contributed by atoms with van der Waals surface area (Å²) >= 11 is 0. The molecule has 2 rings (SSSR count). The highest BCUT2D eigenvalue weighted by Gasteiger charge is 2.27. The minimum atomic E-state index is -0.636. The van der Waals surface area contributed by atoms with Crippen molar-refractivity contribution in [1.82, 2.24) is 15.1 Å². The van der Waals surface area contributed by atoms with Crippen molar-refractivity contribution in [3.05, 3.63) is 35.9 Å². The summed E-state index contributed by atoms with van der Waals surface area (Å²) in [5.74, 6) is 0.555. The molecule has 28 heavy (non-hydrogen) atoms. The van der Waals surface area contributed by atoms with Gasteiger partial charge in [0.05, 0.1) is 12.0 Å². The average molecular weight is 501 g/mol. The average Bonchev–Trinajstić information content (AvgIpc) is 2.67. The Balaban J connectivity index is 0.00000392. The Hall–Kier alpha value is -1.35. The van der Waals surface area contributed by atoms with Gasteiger partial charge in [-0.2, -0.15) is 0 Å². The summed E-state index contributed by atoms with van der Waals surface area (Å²) in [6.07, 6.45) is 1.10. The van der Waals surface area contributed by atoms with Gasteiger partial charge in [-0.3, -0.25) is 14.7 Å². The number of hydrogen-bond donors (Lipinski definition) is 2. The Morgan fingerprint density at radius 1 is 1.18 bits per heavy atom. The second-order valence-electron chi connectivity index (χ2n) is 7.78. The largest absolute Gasteiger partial charge is 0.369 e. The number of nitrogens with one attached hydrogen (secondary N) is 1. The van der Waals surface area contributed by atoms with Crippen LogP contribution in [-0.4, -0.2) is 60.9 Å². The Bertz CT molecular complexity index is 627. The van der Waals surface area contributed by atoms with E-state index in [0.717, 1.165) is 45.1 Å². The molecule has 1 heterocycles. The van der Waals surface area contributed by atoms with E-state index in [-0.39, 0.29) is 29.9 Å². The van der Waals surface area contributed by atoms with E-state index in [1.165, 1.54) is 5.56 Å². The fourth-order valence-corrected chi connectivity index (χ4v) is 3.40. The Labute approximate surface area is 187 Å². The molecule has 1 fully saturated rings. The van der Waals surface area contributed by atoms with Gasteiger partial charge in [0.15, 0.2) is 5.96 Å². The topological polar surface area (TPSA) is 74.0 Å². The van der Waals surface area contributed by atoms with E-state index in [9.17, 15) is 4.79 Å². The number of aliphatic imine (C=N–C) groups is 1. The molecular weight excluding hydrogens is 465 g/mol. The maximum absolute atomic E-state index is 11.6. The first-order valence-corrected chi connectivity index (χ1v) is 10.0. The molecular formula is C21H36IN5O. The summed E-state index contributed by atoms with van der Waals surface area (Å²) in [5, 5.41) is 3.36. The smallest absolute Gasteiger partial charge is 0.224 e. The van der Waals surface area contributed by atoms with Gasteiger partial charge in [0.2, 0.25) is 5.91 Å². The lowest BCUT2D eigenvalue weighted by Gasteiger charge is -2.40. The molecule has 3 N–H and O–H groups in total. The molecule has 1 unspecified atom stereocenters. The number of carbonyl (C=O) groups excluding carboxylic acids is 1. The van der Waals surface area contributed by atoms with Crippen LogP contribution in [-0.2, 0) is 4.79 Å². The van der Waals surface area contributed by atoms with Crippen molar-refractivity contribution in [2.75, 3.05) is 39.3 Å². The van der Waals surface area contributed by atoms with Crippen molar-refractivity contribution < 1.29 is 4.79 Å². The highest BCUT2D eigenvalue weighted by Crippen LogP contribution is 2.25. The molecule has 0 saturated carbocycles. The van der Waals surface area contributed by atoms with Crippen LogP contribution in [0.3, 0.4) is 0 Å². The number of piperazine rings is 1. The van der Waals surface area contributed by atoms with Gasteiger partial charge in [-0.1, -0.05) is 37.3 Å². The van der Waals surface area contributed by atoms with Gasteiger partial charge in [0.25, 0.3) is 0 Å². The summed E-state index contributed by atoms with van der Waals surface area (Å²) in [4.78, 5) is 21.1. The maximum atomic E-state index is 11.6. The molecule has 1 aromatic rings. The third-order valence-corrected chi connectivity index (χ3v) is 5.25. The summed E-state index contributed by atoms with van der Waals surface area (Å²) < 4.78 is 0. The number of carbonyl (C=O) groups is 1. The Morgan fingerprint density at radius 2 is 1.79 bits per heavy atom. The fraction of sp³-hybridized carbons (Fsp3) is 0.619. The van der Waals surface area contributed by atoms with Crippen LogP contribution in [0, 0.1) is 5.41 Å². The molecule has 0 radical (unpaired) electrons. The third kappa shape index (κ3) is 6.62. The molecule has 1 aliphatic rings. The number of nitrogens with zero attached hydrogens (tertiary/aromatic N) is 3. The molecule has 0 spiro atoms. The van der Waals surface area contributed by atoms with Crippen molar-refractivity contribution >= 4 is 35.8 Å². The van der Waals surface area contributed by atoms with Gasteiger partial charge < -0.3 is 16.0 Å². The zero-order valence-electron chi connectivity index (χ0n) is 17.6. The molecule has 1 aliphatic heterocycles. The molecule has 7 heteroatoms. The van der Waals surface area contributed by atoms with Crippen molar-refractivity contribution in [3.8, 4) is 0 Å². The van der Waals surface area contributed by atoms with Gasteiger partial charge >= 0.3 is 0 Å². The van der Waals surface area contributed by atoms with E-state index in [0.29, 0.717) is 12.6 Å². The Kier molecular flexibility index (Phi) is 10.2. The molecule has 1 aromatic carbocycles. The van der Waals surface area contributed by atoms with Gasteiger partial charge in [0.1, 0.15) is 0 Å². The predicted octanol–water partition coefficient (Wildman–Crippen LogP) is 2.85. The van der Waals surface area contributed by atoms with Crippen molar-refractivity contribution in [3.63, 3.8) is 0 Å². The molecule has 0 bridgehead atoms. The zero-order chi connectivity index (χ0) is 19.9. The number of primary amides is 1. The number of benzene rings is 1. The molecule has 0 aliphatic carbocycles. The van der Waals surface area contributed by atoms with E-state index < -0.39 is 5.41 Å². The summed E-state index contributed by atoms with van der Waals surface area (Å²) in [7, 11) is 0. The zero-order valence-corrected chi connectivity index (χ0v) is 20.0. The highest BCUT2D eigenvalue weighted by atomic mass is 127. The number of rotatable bonds is 7. The van der Waals surface area contributed by atoms with Crippen LogP contribution in [0.4, 0.5) is 0 Å². The first-order chi connectivity index (χ1) is 12.9. The van der Waals surface area contributed by atoms with Crippen molar-refractivity contribution in [2.45, 2.75) is 40.2 Å². The number of hydrogen-bond acceptors (Lipinski definition) is 3. The van der Waals surface area contributed by atoms with E-state index in [1.54, 1.807) is 0 Å². The Morgan fingerprint density at radius 3 is 2.29 bits per heavy atom. The molecule has 0 aromatic heterocycles. The number of amides is 1. The van der Waals surface area contributed by atoms with Crippen molar-refractivity contribution in [2.24, 2.45) is 16.1 Å². The van der Waals surface area contributed by atoms with E-state index in [1.807, 2.05) is 13.8 Å². The van der Waals surface area contributed by atoms with Crippen LogP contribution >= 0.6 is 24.0 Å². The summed E-state index contributed by atoms with van der Waals surface area (Å²) in [5.41, 5.74) is 6.23. The van der Waals surface area contributed by atoms with Crippen LogP contribution in [0.2, 0.25) is 0 Å². The first kappa shape index (κ1) is 24.7. The predicted molar refractivity (Wildman–Crippen MR) is 127 cm³/mol. The van der Waals surface area contributed by atoms with Crippen LogP contribution in [0.15, 0.2) is 35.3 Å². The quantitative estimate of drug-likeness (QED) is 0.343. The van der Waals surface area contributed by atoms with Crippen LogP contribution in [0.5, 0.6) is 0 Å². The standard InChI is InChI=1S/C21H35N5O.HI/c1-5-18(17-10-8-7-9-11-17)25-12-14-26(15-13-25)20(23-6-2)24-16-21(3,4)19(22)27;/h7-11,18H,5-6,12-16H2,1-4H3,(H2,22,27)(H,23,24);1H. The molecule has 158 valence electrons. The van der Waals surface area contributed by atoms with Crippen LogP contribution in [0.25, 0.3) is 0 Å². The third-order valence-electron chi connectivity index (χ3n) is 5.25. The van der Waals surface area contributed by atoms with E-state index in [2.05, 4.69) is 59.3 Å². The van der Waals surface area contributed by atoms with Gasteiger partial charge in [-0.05, 0) is 32.8 Å². The first-order valence-electron chi connectivity index (χ1n) is 10.0. The number of guanidine groups is 1. The summed E-state index contributed by atoms with van der Waals surface area (Å²) in [6, 6.07) is 11.2. The minimum absolute atomic E-state index is 0. The molecule has 1 atom stereocenters. The SMILES string of the molecule is CCNC(=NCC(C)(C)C(N)=O)N1CCN(C(CC)c2ccccc2)CC1.I. The van der Waals surface area contributed by atoms with Gasteiger partial charge in [-0.15, -0.1) is 24.0 Å². The lowest BCUT2D eigenvalue weighted by molar-refractivity contribution is -0.125. The second kappa shape index (κ2) is 11.6. The molecule has 1 amide bonds. The fourth-order valence-electron chi connectivity index (χ4n) is 3.40. The van der Waals surface area contributed by atoms with E-state index in [4.69, 9.17) is 10.7 Å².